The van der Waals surface area contributed by atoms with Crippen molar-refractivity contribution in [2.45, 2.75) is 12.6 Å². The zero-order valence-electron chi connectivity index (χ0n) is 16.4. The van der Waals surface area contributed by atoms with Crippen molar-refractivity contribution in [2.24, 2.45) is 0 Å². The molecule has 7 heteroatoms. The van der Waals surface area contributed by atoms with E-state index in [1.54, 1.807) is 24.3 Å². The predicted octanol–water partition coefficient (Wildman–Crippen LogP) is 2.35. The molecule has 0 saturated carbocycles. The number of aliphatic hydroxyl groups is 1. The van der Waals surface area contributed by atoms with Crippen LogP contribution >= 0.6 is 0 Å². The van der Waals surface area contributed by atoms with Crippen molar-refractivity contribution in [3.63, 3.8) is 0 Å². The third kappa shape index (κ3) is 3.75. The summed E-state index contributed by atoms with van der Waals surface area (Å²) in [4.78, 5) is 25.0. The van der Waals surface area contributed by atoms with E-state index in [-0.39, 0.29) is 24.4 Å². The van der Waals surface area contributed by atoms with Gasteiger partial charge in [0.1, 0.15) is 18.5 Å². The summed E-state index contributed by atoms with van der Waals surface area (Å²) in [6, 6.07) is 20.3. The quantitative estimate of drug-likeness (QED) is 0.516. The molecule has 0 fully saturated rings. The van der Waals surface area contributed by atoms with Crippen LogP contribution < -0.4 is 15.6 Å². The zero-order valence-corrected chi connectivity index (χ0v) is 16.4. The fraction of sp³-hybridized carbons (Fsp3) is 0.174. The molecule has 1 aromatic heterocycles. The molecule has 0 saturated heterocycles. The number of hydrogen-bond donors (Lipinski definition) is 2. The molecule has 1 unspecified atom stereocenters. The maximum atomic E-state index is 12.8. The Hall–Kier alpha value is -3.71. The fourth-order valence-electron chi connectivity index (χ4n) is 3.40. The third-order valence-electron chi connectivity index (χ3n) is 4.87. The van der Waals surface area contributed by atoms with Crippen LogP contribution in [0.1, 0.15) is 10.5 Å². The van der Waals surface area contributed by atoms with Crippen LogP contribution in [-0.2, 0) is 6.54 Å². The normalized spacial score (nSPS) is 12.1. The summed E-state index contributed by atoms with van der Waals surface area (Å²) in [5.41, 5.74) is -0.239. The number of nitrogens with one attached hydrogen (secondary N) is 1. The summed E-state index contributed by atoms with van der Waals surface area (Å²) in [6.07, 6.45) is -0.993. The second-order valence-electron chi connectivity index (χ2n) is 6.90. The maximum absolute atomic E-state index is 12.8. The van der Waals surface area contributed by atoms with E-state index in [9.17, 15) is 14.7 Å². The van der Waals surface area contributed by atoms with Crippen molar-refractivity contribution in [2.75, 3.05) is 13.7 Å². The minimum Gasteiger partial charge on any atom is -0.490 e. The molecule has 0 bridgehead atoms. The van der Waals surface area contributed by atoms with Crippen molar-refractivity contribution in [1.29, 1.82) is 0 Å². The van der Waals surface area contributed by atoms with Gasteiger partial charge in [-0.3, -0.25) is 9.59 Å². The van der Waals surface area contributed by atoms with Gasteiger partial charge in [-0.2, -0.15) is 5.10 Å². The van der Waals surface area contributed by atoms with E-state index in [2.05, 4.69) is 10.4 Å². The number of aromatic nitrogens is 2. The Labute approximate surface area is 172 Å². The Bertz CT molecular complexity index is 1280. The molecule has 0 spiro atoms. The third-order valence-corrected chi connectivity index (χ3v) is 4.87. The largest absolute Gasteiger partial charge is 0.490 e. The molecule has 1 amide bonds. The molecule has 152 valence electrons. The number of rotatable bonds is 6. The van der Waals surface area contributed by atoms with Gasteiger partial charge in [-0.1, -0.05) is 54.6 Å². The highest BCUT2D eigenvalue weighted by molar-refractivity contribution is 6.04. The number of carbonyl (C=O) groups excluding carboxylic acids is 1. The number of aliphatic hydroxyl groups excluding tert-OH is 1. The van der Waals surface area contributed by atoms with Crippen molar-refractivity contribution in [3.8, 4) is 5.75 Å². The lowest BCUT2D eigenvalue weighted by Gasteiger charge is -2.16. The highest BCUT2D eigenvalue weighted by Crippen LogP contribution is 2.25. The van der Waals surface area contributed by atoms with Crippen molar-refractivity contribution >= 4 is 27.5 Å². The monoisotopic (exact) mass is 403 g/mol. The number of hydrogen-bond acceptors (Lipinski definition) is 5. The van der Waals surface area contributed by atoms with E-state index in [4.69, 9.17) is 4.74 Å². The highest BCUT2D eigenvalue weighted by atomic mass is 16.5. The molecule has 7 nitrogen and oxygen atoms in total. The van der Waals surface area contributed by atoms with E-state index in [1.807, 2.05) is 42.5 Å². The zero-order chi connectivity index (χ0) is 21.1. The van der Waals surface area contributed by atoms with Gasteiger partial charge in [-0.15, -0.1) is 0 Å². The molecule has 1 atom stereocenters. The molecule has 0 aliphatic carbocycles. The molecule has 4 aromatic rings. The summed E-state index contributed by atoms with van der Waals surface area (Å²) in [5, 5.41) is 20.0. The van der Waals surface area contributed by atoms with E-state index < -0.39 is 12.0 Å². The number of benzene rings is 3. The number of carbonyl (C=O) groups is 1. The van der Waals surface area contributed by atoms with Crippen LogP contribution in [0.2, 0.25) is 0 Å². The molecular weight excluding hydrogens is 382 g/mol. The minimum atomic E-state index is -0.993. The number of ether oxygens (including phenoxy) is 1. The lowest BCUT2D eigenvalue weighted by Crippen LogP contribution is -2.34. The van der Waals surface area contributed by atoms with Gasteiger partial charge in [0.2, 0.25) is 0 Å². The Morgan fingerprint density at radius 2 is 1.70 bits per heavy atom. The van der Waals surface area contributed by atoms with Crippen LogP contribution in [0.5, 0.6) is 5.75 Å². The first kappa shape index (κ1) is 19.6. The molecule has 0 radical (unpaired) electrons. The van der Waals surface area contributed by atoms with Gasteiger partial charge in [0.05, 0.1) is 11.9 Å². The number of nitrogens with zero attached hydrogens (tertiary/aromatic N) is 2. The van der Waals surface area contributed by atoms with Gasteiger partial charge >= 0.3 is 0 Å². The minimum absolute atomic E-state index is 0.0235. The van der Waals surface area contributed by atoms with Crippen LogP contribution in [0.25, 0.3) is 21.5 Å². The van der Waals surface area contributed by atoms with Gasteiger partial charge in [-0.05, 0) is 17.5 Å². The van der Waals surface area contributed by atoms with E-state index in [0.717, 1.165) is 15.5 Å². The van der Waals surface area contributed by atoms with Gasteiger partial charge in [0.25, 0.3) is 11.5 Å². The smallest absolute Gasteiger partial charge is 0.274 e. The van der Waals surface area contributed by atoms with Gasteiger partial charge in [0.15, 0.2) is 5.69 Å². The first-order valence-electron chi connectivity index (χ1n) is 9.59. The van der Waals surface area contributed by atoms with Crippen molar-refractivity contribution in [3.05, 3.63) is 82.8 Å². The van der Waals surface area contributed by atoms with Crippen LogP contribution in [0.15, 0.2) is 71.5 Å². The molecule has 0 aliphatic heterocycles. The van der Waals surface area contributed by atoms with Gasteiger partial charge in [0, 0.05) is 17.8 Å². The van der Waals surface area contributed by atoms with E-state index >= 15 is 0 Å². The molecule has 30 heavy (non-hydrogen) atoms. The first-order chi connectivity index (χ1) is 14.6. The van der Waals surface area contributed by atoms with Crippen molar-refractivity contribution < 1.29 is 14.6 Å². The summed E-state index contributed by atoms with van der Waals surface area (Å²) in [7, 11) is 1.50. The highest BCUT2D eigenvalue weighted by Gasteiger charge is 2.17. The molecule has 0 aliphatic rings. The van der Waals surface area contributed by atoms with Gasteiger partial charge in [-0.25, -0.2) is 4.68 Å². The maximum Gasteiger partial charge on any atom is 0.274 e. The molecule has 3 aromatic carbocycles. The SMILES string of the molecule is CNC(=O)c1nn(CC(O)COc2cccc3ccccc23)c(=O)c2ccccc12. The Kier molecular flexibility index (Phi) is 5.45. The molecule has 4 rings (SSSR count). The van der Waals surface area contributed by atoms with E-state index in [1.165, 1.54) is 7.05 Å². The van der Waals surface area contributed by atoms with Crippen LogP contribution in [0, 0.1) is 0 Å². The second kappa shape index (κ2) is 8.34. The van der Waals surface area contributed by atoms with Crippen LogP contribution in [0.3, 0.4) is 0 Å². The summed E-state index contributed by atoms with van der Waals surface area (Å²) >= 11 is 0. The second-order valence-corrected chi connectivity index (χ2v) is 6.90. The lowest BCUT2D eigenvalue weighted by molar-refractivity contribution is 0.0873. The van der Waals surface area contributed by atoms with Crippen LogP contribution in [0.4, 0.5) is 0 Å². The number of fused-ring (bicyclic) bond motifs is 2. The fourth-order valence-corrected chi connectivity index (χ4v) is 3.40. The summed E-state index contributed by atoms with van der Waals surface area (Å²) in [6.45, 7) is -0.122. The number of amides is 1. The van der Waals surface area contributed by atoms with Crippen LogP contribution in [-0.4, -0.2) is 40.6 Å². The summed E-state index contributed by atoms with van der Waals surface area (Å²) in [5.74, 6) is 0.249. The first-order valence-corrected chi connectivity index (χ1v) is 9.59. The standard InChI is InChI=1S/C23H21N3O4/c1-24-22(28)21-18-10-4-5-11-19(18)23(29)26(25-21)13-16(27)14-30-20-12-6-8-15-7-2-3-9-17(15)20/h2-12,16,27H,13-14H2,1H3,(H,24,28). The Balaban J connectivity index is 1.58. The topological polar surface area (TPSA) is 93.5 Å². The average Bonchev–Trinajstić information content (AvgIpc) is 2.79. The Morgan fingerprint density at radius 1 is 1.03 bits per heavy atom. The Morgan fingerprint density at radius 3 is 2.47 bits per heavy atom. The molecule has 2 N–H and O–H groups in total. The molecular formula is C23H21N3O4. The van der Waals surface area contributed by atoms with Crippen molar-refractivity contribution in [1.82, 2.24) is 15.1 Å². The average molecular weight is 403 g/mol. The van der Waals surface area contributed by atoms with E-state index in [0.29, 0.717) is 16.5 Å². The summed E-state index contributed by atoms with van der Waals surface area (Å²) < 4.78 is 6.92. The predicted molar refractivity (Wildman–Crippen MR) is 115 cm³/mol. The molecule has 1 heterocycles. The van der Waals surface area contributed by atoms with Gasteiger partial charge < -0.3 is 15.2 Å². The lowest BCUT2D eigenvalue weighted by atomic mass is 10.1.